The van der Waals surface area contributed by atoms with E-state index in [1.165, 1.54) is 12.1 Å². The number of aliphatic hydroxyl groups excluding tert-OH is 2. The summed E-state index contributed by atoms with van der Waals surface area (Å²) in [6.45, 7) is 3.27. The topological polar surface area (TPSA) is 70.4 Å². The zero-order valence-corrected chi connectivity index (χ0v) is 19.3. The summed E-state index contributed by atoms with van der Waals surface area (Å²) in [5, 5.41) is 21.7. The fourth-order valence-corrected chi connectivity index (χ4v) is 5.32. The number of nitrogens with zero attached hydrogens (tertiary/aromatic N) is 1. The molecule has 1 aromatic heterocycles. The summed E-state index contributed by atoms with van der Waals surface area (Å²) in [6, 6.07) is 14.4. The molecule has 4 rings (SSSR count). The van der Waals surface area contributed by atoms with Crippen molar-refractivity contribution in [1.29, 1.82) is 0 Å². The molecule has 6 heteroatoms. The molecule has 1 heterocycles. The molecular formula is C26H29FNO3P. The van der Waals surface area contributed by atoms with Gasteiger partial charge in [-0.3, -0.25) is 4.98 Å². The summed E-state index contributed by atoms with van der Waals surface area (Å²) in [5.74, 6) is 0.0763. The smallest absolute Gasteiger partial charge is 0.123 e. The lowest BCUT2D eigenvalue weighted by Crippen LogP contribution is -2.19. The molecule has 2 aromatic carbocycles. The number of halogens is 1. The molecule has 0 aliphatic heterocycles. The van der Waals surface area contributed by atoms with E-state index in [0.717, 1.165) is 46.1 Å². The van der Waals surface area contributed by atoms with E-state index in [-0.39, 0.29) is 18.4 Å². The molecule has 32 heavy (non-hydrogen) atoms. The molecule has 0 spiro atoms. The van der Waals surface area contributed by atoms with Crippen LogP contribution in [0.15, 0.2) is 54.6 Å². The van der Waals surface area contributed by atoms with E-state index in [2.05, 4.69) is 0 Å². The fourth-order valence-electron chi connectivity index (χ4n) is 4.16. The molecule has 0 radical (unpaired) electrons. The van der Waals surface area contributed by atoms with Gasteiger partial charge in [-0.1, -0.05) is 42.5 Å². The molecule has 2 atom stereocenters. The van der Waals surface area contributed by atoms with Crippen LogP contribution in [0.1, 0.15) is 36.4 Å². The second kappa shape index (κ2) is 9.27. The first-order chi connectivity index (χ1) is 15.2. The Morgan fingerprint density at radius 3 is 2.47 bits per heavy atom. The highest BCUT2D eigenvalue weighted by Gasteiger charge is 2.29. The predicted octanol–water partition coefficient (Wildman–Crippen LogP) is 5.67. The summed E-state index contributed by atoms with van der Waals surface area (Å²) >= 11 is 0. The minimum Gasteiger partial charge on any atom is -0.393 e. The average Bonchev–Trinajstić information content (AvgIpc) is 3.56. The van der Waals surface area contributed by atoms with Crippen LogP contribution in [0.5, 0.6) is 0 Å². The summed E-state index contributed by atoms with van der Waals surface area (Å²) < 4.78 is 25.6. The number of fused-ring (bicyclic) bond motifs is 1. The maximum absolute atomic E-state index is 13.6. The number of aromatic nitrogens is 1. The van der Waals surface area contributed by atoms with Crippen molar-refractivity contribution in [2.24, 2.45) is 0 Å². The Hall–Kier alpha value is -2.33. The van der Waals surface area contributed by atoms with Crippen molar-refractivity contribution in [2.45, 2.75) is 37.4 Å². The van der Waals surface area contributed by atoms with E-state index < -0.39 is 19.3 Å². The van der Waals surface area contributed by atoms with Gasteiger partial charge in [-0.05, 0) is 49.9 Å². The molecule has 1 aliphatic carbocycles. The van der Waals surface area contributed by atoms with Crippen LogP contribution in [-0.4, -0.2) is 46.9 Å². The van der Waals surface area contributed by atoms with Gasteiger partial charge < -0.3 is 14.8 Å². The van der Waals surface area contributed by atoms with Gasteiger partial charge >= 0.3 is 0 Å². The van der Waals surface area contributed by atoms with Gasteiger partial charge in [0.25, 0.3) is 0 Å². The Morgan fingerprint density at radius 1 is 1.12 bits per heavy atom. The maximum Gasteiger partial charge on any atom is 0.123 e. The third-order valence-corrected chi connectivity index (χ3v) is 7.01. The molecule has 168 valence electrons. The van der Waals surface area contributed by atoms with Gasteiger partial charge in [0.2, 0.25) is 0 Å². The summed E-state index contributed by atoms with van der Waals surface area (Å²) in [7, 11) is -2.37. The molecule has 3 aromatic rings. The van der Waals surface area contributed by atoms with Gasteiger partial charge in [0.1, 0.15) is 5.82 Å². The Bertz CT molecular complexity index is 1180. The molecule has 4 nitrogen and oxygen atoms in total. The highest BCUT2D eigenvalue weighted by Crippen LogP contribution is 2.45. The third-order valence-electron chi connectivity index (χ3n) is 5.71. The monoisotopic (exact) mass is 453 g/mol. The number of rotatable bonds is 8. The van der Waals surface area contributed by atoms with Crippen molar-refractivity contribution in [3.8, 4) is 11.1 Å². The Balaban J connectivity index is 1.76. The van der Waals surface area contributed by atoms with E-state index in [1.54, 1.807) is 31.5 Å². The molecular weight excluding hydrogens is 424 g/mol. The van der Waals surface area contributed by atoms with Gasteiger partial charge in [0.05, 0.1) is 30.6 Å². The lowest BCUT2D eigenvalue weighted by molar-refractivity contribution is 0.118. The fraction of sp³-hybridized carbons (Fsp3) is 0.346. The van der Waals surface area contributed by atoms with Crippen molar-refractivity contribution < 1.29 is 19.2 Å². The first-order valence-corrected chi connectivity index (χ1v) is 13.8. The number of hydrogen-bond acceptors (Lipinski definition) is 4. The Labute approximate surface area is 188 Å². The van der Waals surface area contributed by atoms with E-state index in [9.17, 15) is 19.2 Å². The number of para-hydroxylation sites is 1. The van der Waals surface area contributed by atoms with Crippen LogP contribution >= 0.6 is 7.14 Å². The summed E-state index contributed by atoms with van der Waals surface area (Å²) in [4.78, 5) is 4.94. The van der Waals surface area contributed by atoms with Gasteiger partial charge in [-0.15, -0.1) is 0 Å². The third kappa shape index (κ3) is 5.53. The van der Waals surface area contributed by atoms with E-state index in [1.807, 2.05) is 30.3 Å². The zero-order valence-electron chi connectivity index (χ0n) is 18.4. The Morgan fingerprint density at radius 2 is 1.81 bits per heavy atom. The van der Waals surface area contributed by atoms with Gasteiger partial charge in [0, 0.05) is 35.0 Å². The molecule has 0 amide bonds. The van der Waals surface area contributed by atoms with Crippen LogP contribution in [0.2, 0.25) is 0 Å². The van der Waals surface area contributed by atoms with Crippen LogP contribution in [0.3, 0.4) is 0 Å². The van der Waals surface area contributed by atoms with Crippen LogP contribution in [-0.2, 0) is 4.57 Å². The number of aliphatic hydroxyl groups is 2. The first-order valence-electron chi connectivity index (χ1n) is 11.0. The second-order valence-corrected chi connectivity index (χ2v) is 12.7. The molecule has 1 aliphatic rings. The lowest BCUT2D eigenvalue weighted by Gasteiger charge is -2.17. The quantitative estimate of drug-likeness (QED) is 0.432. The molecule has 0 unspecified atom stereocenters. The SMILES string of the molecule is CP(C)(=O)C[C@H](O)C[C@H](O)/C=C/c1c(C2CC2)nc2ccccc2c1-c1ccc(F)cc1. The summed E-state index contributed by atoms with van der Waals surface area (Å²) in [5.41, 5.74) is 4.65. The van der Waals surface area contributed by atoms with Gasteiger partial charge in [-0.25, -0.2) is 4.39 Å². The predicted molar refractivity (Wildman–Crippen MR) is 129 cm³/mol. The van der Waals surface area contributed by atoms with E-state index in [4.69, 9.17) is 4.98 Å². The largest absolute Gasteiger partial charge is 0.393 e. The van der Waals surface area contributed by atoms with E-state index in [0.29, 0.717) is 5.92 Å². The highest BCUT2D eigenvalue weighted by molar-refractivity contribution is 7.62. The normalized spacial score (nSPS) is 16.5. The zero-order chi connectivity index (χ0) is 22.9. The lowest BCUT2D eigenvalue weighted by atomic mass is 9.92. The van der Waals surface area contributed by atoms with Crippen molar-refractivity contribution >= 4 is 24.1 Å². The van der Waals surface area contributed by atoms with Crippen LogP contribution < -0.4 is 0 Å². The van der Waals surface area contributed by atoms with Crippen LogP contribution in [0.4, 0.5) is 4.39 Å². The average molecular weight is 453 g/mol. The molecule has 0 bridgehead atoms. The number of benzene rings is 2. The number of hydrogen-bond donors (Lipinski definition) is 2. The summed E-state index contributed by atoms with van der Waals surface area (Å²) in [6.07, 6.45) is 4.28. The Kier molecular flexibility index (Phi) is 6.62. The standard InChI is InChI=1S/C26H29FNO3P/c1-32(2,31)16-21(30)15-20(29)13-14-23-25(17-9-11-19(27)12-10-17)22-5-3-4-6-24(22)28-26(23)18-7-8-18/h3-6,9-14,18,20-21,29-30H,7-8,15-16H2,1-2H3/b14-13+/t20-,21-/m1/s1. The minimum atomic E-state index is -2.37. The second-order valence-electron chi connectivity index (χ2n) is 9.16. The van der Waals surface area contributed by atoms with Crippen molar-refractivity contribution in [3.63, 3.8) is 0 Å². The van der Waals surface area contributed by atoms with Crippen molar-refractivity contribution in [2.75, 3.05) is 19.5 Å². The van der Waals surface area contributed by atoms with E-state index >= 15 is 0 Å². The molecule has 0 saturated heterocycles. The van der Waals surface area contributed by atoms with Crippen molar-refractivity contribution in [1.82, 2.24) is 4.98 Å². The molecule has 1 fully saturated rings. The first kappa shape index (κ1) is 22.8. The molecule has 2 N–H and O–H groups in total. The van der Waals surface area contributed by atoms with Gasteiger partial charge in [-0.2, -0.15) is 0 Å². The maximum atomic E-state index is 13.6. The van der Waals surface area contributed by atoms with Crippen molar-refractivity contribution in [3.05, 3.63) is 71.7 Å². The highest BCUT2D eigenvalue weighted by atomic mass is 31.2. The number of pyridine rings is 1. The minimum absolute atomic E-state index is 0.119. The van der Waals surface area contributed by atoms with Crippen LogP contribution in [0.25, 0.3) is 28.1 Å². The molecule has 1 saturated carbocycles. The van der Waals surface area contributed by atoms with Crippen LogP contribution in [0, 0.1) is 5.82 Å². The van der Waals surface area contributed by atoms with Gasteiger partial charge in [0.15, 0.2) is 0 Å².